The Morgan fingerprint density at radius 1 is 0.897 bits per heavy atom. The Balaban J connectivity index is 1.84. The Labute approximate surface area is 183 Å². The maximum atomic E-state index is 10.00. The van der Waals surface area contributed by atoms with Crippen LogP contribution in [0.15, 0.2) is 0 Å². The Kier molecular flexibility index (Phi) is 16.1. The van der Waals surface area contributed by atoms with E-state index in [1.165, 1.54) is 77.0 Å². The van der Waals surface area contributed by atoms with E-state index in [1.807, 2.05) is 0 Å². The average Bonchev–Trinajstić information content (AvgIpc) is 3.05. The predicted molar refractivity (Wildman–Crippen MR) is 121 cm³/mol. The molecule has 1 aliphatic heterocycles. The van der Waals surface area contributed by atoms with Crippen LogP contribution in [-0.4, -0.2) is 58.0 Å². The molecule has 0 aromatic rings. The van der Waals surface area contributed by atoms with Gasteiger partial charge in [0.25, 0.3) is 0 Å². The monoisotopic (exact) mass is 432 g/mol. The summed E-state index contributed by atoms with van der Waals surface area (Å²) in [4.78, 5) is 0. The van der Waals surface area contributed by atoms with Gasteiger partial charge in [-0.1, -0.05) is 90.4 Å². The second kappa shape index (κ2) is 17.4. The van der Waals surface area contributed by atoms with Crippen LogP contribution in [0.25, 0.3) is 0 Å². The first-order chi connectivity index (χ1) is 14.1. The summed E-state index contributed by atoms with van der Waals surface area (Å²) in [6.45, 7) is 2.29. The van der Waals surface area contributed by atoms with Gasteiger partial charge in [-0.05, 0) is 18.6 Å². The molecule has 3 N–H and O–H groups in total. The summed E-state index contributed by atoms with van der Waals surface area (Å²) in [7, 11) is 0. The van der Waals surface area contributed by atoms with Gasteiger partial charge < -0.3 is 24.8 Å². The molecule has 0 radical (unpaired) electrons. The summed E-state index contributed by atoms with van der Waals surface area (Å²) in [6, 6.07) is 0. The Morgan fingerprint density at radius 2 is 1.38 bits per heavy atom. The molecule has 1 fully saturated rings. The van der Waals surface area contributed by atoms with E-state index in [4.69, 9.17) is 21.7 Å². The zero-order valence-electron chi connectivity index (χ0n) is 18.4. The third-order valence-corrected chi connectivity index (χ3v) is 6.04. The van der Waals surface area contributed by atoms with Gasteiger partial charge in [0.1, 0.15) is 31.0 Å². The van der Waals surface area contributed by atoms with E-state index >= 15 is 0 Å². The third kappa shape index (κ3) is 12.9. The summed E-state index contributed by atoms with van der Waals surface area (Å²) in [5.41, 5.74) is 0. The molecule has 1 saturated heterocycles. The Morgan fingerprint density at radius 3 is 1.83 bits per heavy atom. The zero-order chi connectivity index (χ0) is 21.3. The van der Waals surface area contributed by atoms with Crippen LogP contribution in [0.3, 0.4) is 0 Å². The second-order valence-electron chi connectivity index (χ2n) is 8.45. The second-order valence-corrected chi connectivity index (χ2v) is 8.91. The highest BCUT2D eigenvalue weighted by atomic mass is 32.1. The smallest absolute Gasteiger partial charge is 0.159 e. The lowest BCUT2D eigenvalue weighted by Crippen LogP contribution is -2.41. The number of hydrogen-bond donors (Lipinski definition) is 3. The Hall–Kier alpha value is -0.270. The first kappa shape index (κ1) is 26.8. The molecule has 0 spiro atoms. The van der Waals surface area contributed by atoms with Crippen LogP contribution in [0.4, 0.5) is 0 Å². The van der Waals surface area contributed by atoms with Gasteiger partial charge in [0.15, 0.2) is 5.05 Å². The topological polar surface area (TPSA) is 79.2 Å². The van der Waals surface area contributed by atoms with E-state index in [-0.39, 0.29) is 13.2 Å². The van der Waals surface area contributed by atoms with Crippen molar-refractivity contribution >= 4 is 17.3 Å². The molecule has 0 bridgehead atoms. The molecule has 1 rings (SSSR count). The van der Waals surface area contributed by atoms with E-state index < -0.39 is 24.4 Å². The van der Waals surface area contributed by atoms with E-state index in [0.717, 1.165) is 19.3 Å². The lowest BCUT2D eigenvalue weighted by atomic mass is 10.0. The van der Waals surface area contributed by atoms with E-state index in [2.05, 4.69) is 6.92 Å². The summed E-state index contributed by atoms with van der Waals surface area (Å²) in [5, 5.41) is 29.6. The van der Waals surface area contributed by atoms with Gasteiger partial charge in [0.2, 0.25) is 0 Å². The molecule has 1 heterocycles. The number of hydrogen-bond acceptors (Lipinski definition) is 6. The molecule has 1 aliphatic rings. The summed E-state index contributed by atoms with van der Waals surface area (Å²) >= 11 is 5.21. The minimum Gasteiger partial charge on any atom is -0.484 e. The molecule has 0 saturated carbocycles. The van der Waals surface area contributed by atoms with Crippen molar-refractivity contribution in [3.8, 4) is 0 Å². The summed E-state index contributed by atoms with van der Waals surface area (Å²) < 4.78 is 10.6. The lowest BCUT2D eigenvalue weighted by Gasteiger charge is -2.21. The van der Waals surface area contributed by atoms with Gasteiger partial charge in [-0.2, -0.15) is 0 Å². The lowest BCUT2D eigenvalue weighted by molar-refractivity contribution is -0.0663. The highest BCUT2D eigenvalue weighted by molar-refractivity contribution is 7.80. The molecule has 0 aliphatic carbocycles. The Bertz CT molecular complexity index is 407. The van der Waals surface area contributed by atoms with Gasteiger partial charge in [0.05, 0.1) is 6.61 Å². The quantitative estimate of drug-likeness (QED) is 0.215. The molecular formula is C23H44O5S. The SMILES string of the molecule is CCCCCCCCCCCCCCCCC(=S)OC[C@@H](O)[C@H]1OC[C@H](O)[C@H]1O. The van der Waals surface area contributed by atoms with E-state index in [9.17, 15) is 15.3 Å². The third-order valence-electron chi connectivity index (χ3n) is 5.72. The number of unbranched alkanes of at least 4 members (excludes halogenated alkanes) is 13. The van der Waals surface area contributed by atoms with Gasteiger partial charge in [-0.15, -0.1) is 0 Å². The molecule has 0 aromatic heterocycles. The minimum absolute atomic E-state index is 0.00805. The first-order valence-electron chi connectivity index (χ1n) is 11.9. The van der Waals surface area contributed by atoms with Gasteiger partial charge >= 0.3 is 0 Å². The van der Waals surface area contributed by atoms with Crippen LogP contribution >= 0.6 is 12.2 Å². The van der Waals surface area contributed by atoms with Crippen LogP contribution in [0.2, 0.25) is 0 Å². The first-order valence-corrected chi connectivity index (χ1v) is 12.3. The molecule has 29 heavy (non-hydrogen) atoms. The van der Waals surface area contributed by atoms with Crippen molar-refractivity contribution in [1.29, 1.82) is 0 Å². The van der Waals surface area contributed by atoms with Crippen molar-refractivity contribution in [3.05, 3.63) is 0 Å². The number of rotatable bonds is 18. The maximum Gasteiger partial charge on any atom is 0.159 e. The van der Waals surface area contributed by atoms with Crippen molar-refractivity contribution < 1.29 is 24.8 Å². The van der Waals surface area contributed by atoms with Crippen LogP contribution in [0.1, 0.15) is 103 Å². The molecule has 172 valence electrons. The zero-order valence-corrected chi connectivity index (χ0v) is 19.2. The van der Waals surface area contributed by atoms with Crippen LogP contribution < -0.4 is 0 Å². The van der Waals surface area contributed by atoms with Crippen molar-refractivity contribution in [1.82, 2.24) is 0 Å². The average molecular weight is 433 g/mol. The highest BCUT2D eigenvalue weighted by Gasteiger charge is 2.39. The van der Waals surface area contributed by atoms with Crippen LogP contribution in [0, 0.1) is 0 Å². The van der Waals surface area contributed by atoms with Crippen LogP contribution in [-0.2, 0) is 9.47 Å². The molecule has 6 heteroatoms. The van der Waals surface area contributed by atoms with Gasteiger partial charge in [-0.25, -0.2) is 0 Å². The summed E-state index contributed by atoms with van der Waals surface area (Å²) in [5.74, 6) is 0. The molecule has 0 amide bonds. The molecule has 5 nitrogen and oxygen atoms in total. The fourth-order valence-electron chi connectivity index (χ4n) is 3.77. The predicted octanol–water partition coefficient (Wildman–Crippen LogP) is 4.68. The summed E-state index contributed by atoms with van der Waals surface area (Å²) in [6.07, 6.45) is 15.4. The normalized spacial score (nSPS) is 22.7. The molecule has 0 aromatic carbocycles. The van der Waals surface area contributed by atoms with Crippen molar-refractivity contribution in [2.24, 2.45) is 0 Å². The number of aliphatic hydroxyl groups is 3. The maximum absolute atomic E-state index is 10.00. The van der Waals surface area contributed by atoms with Crippen molar-refractivity contribution in [3.63, 3.8) is 0 Å². The highest BCUT2D eigenvalue weighted by Crippen LogP contribution is 2.18. The van der Waals surface area contributed by atoms with Gasteiger partial charge in [0, 0.05) is 6.42 Å². The number of thiocarbonyl (C=S) groups is 1. The standard InChI is InChI=1S/C23H44O5S/c1-2-3-4-5-6-7-8-9-10-11-12-13-14-15-16-21(29)27-18-20(25)23-22(26)19(24)17-28-23/h19-20,22-26H,2-18H2,1H3/t19-,20+,22+,23+/m0/s1. The molecular weight excluding hydrogens is 388 g/mol. The largest absolute Gasteiger partial charge is 0.484 e. The van der Waals surface area contributed by atoms with E-state index in [1.54, 1.807) is 0 Å². The van der Waals surface area contributed by atoms with E-state index in [0.29, 0.717) is 5.05 Å². The minimum atomic E-state index is -1.08. The fraction of sp³-hybridized carbons (Fsp3) is 0.957. The fourth-order valence-corrected chi connectivity index (χ4v) is 3.99. The molecule has 0 unspecified atom stereocenters. The van der Waals surface area contributed by atoms with Crippen molar-refractivity contribution in [2.75, 3.05) is 13.2 Å². The van der Waals surface area contributed by atoms with Crippen molar-refractivity contribution in [2.45, 2.75) is 128 Å². The van der Waals surface area contributed by atoms with Gasteiger partial charge in [-0.3, -0.25) is 0 Å². The number of ether oxygens (including phenoxy) is 2. The van der Waals surface area contributed by atoms with Crippen LogP contribution in [0.5, 0.6) is 0 Å². The molecule has 4 atom stereocenters. The number of aliphatic hydroxyl groups excluding tert-OH is 3.